The van der Waals surface area contributed by atoms with Gasteiger partial charge in [0.2, 0.25) is 5.91 Å². The fourth-order valence-corrected chi connectivity index (χ4v) is 4.24. The minimum Gasteiger partial charge on any atom is -0.355 e. The Morgan fingerprint density at radius 2 is 1.83 bits per heavy atom. The average Bonchev–Trinajstić information content (AvgIpc) is 3.04. The Balaban J connectivity index is 0.00000208. The molecule has 24 heavy (non-hydrogen) atoms. The number of nitrogens with one attached hydrogen (secondary N) is 2. The number of piperidine rings is 1. The lowest BCUT2D eigenvalue weighted by Crippen LogP contribution is -2.48. The highest BCUT2D eigenvalue weighted by atomic mass is 35.5. The van der Waals surface area contributed by atoms with Crippen LogP contribution < -0.4 is 10.6 Å². The van der Waals surface area contributed by atoms with Crippen LogP contribution in [-0.4, -0.2) is 25.5 Å². The molecule has 1 aromatic carbocycles. The molecule has 3 rings (SSSR count). The normalized spacial score (nSPS) is 21.8. The lowest BCUT2D eigenvalue weighted by molar-refractivity contribution is -0.127. The summed E-state index contributed by atoms with van der Waals surface area (Å²) in [7, 11) is 0. The maximum atomic E-state index is 13.1. The van der Waals surface area contributed by atoms with E-state index >= 15 is 0 Å². The summed E-state index contributed by atoms with van der Waals surface area (Å²) in [4.78, 5) is 13.1. The lowest BCUT2D eigenvalue weighted by atomic mass is 9.76. The number of carbonyl (C=O) groups is 1. The van der Waals surface area contributed by atoms with Gasteiger partial charge >= 0.3 is 0 Å². The monoisotopic (exact) mass is 350 g/mol. The summed E-state index contributed by atoms with van der Waals surface area (Å²) in [6.45, 7) is 7.36. The Hall–Kier alpha value is -1.06. The summed E-state index contributed by atoms with van der Waals surface area (Å²) < 4.78 is 0. The van der Waals surface area contributed by atoms with Crippen molar-refractivity contribution in [2.75, 3.05) is 19.6 Å². The molecule has 2 N–H and O–H groups in total. The second-order valence-corrected chi connectivity index (χ2v) is 7.90. The van der Waals surface area contributed by atoms with E-state index in [9.17, 15) is 4.79 Å². The highest BCUT2D eigenvalue weighted by Crippen LogP contribution is 2.42. The molecular weight excluding hydrogens is 320 g/mol. The standard InChI is InChI=1S/C20H30N2O.ClH/c1-16-6-5-7-17(14-16)20(8-3-4-9-20)18(23)22-15-19(2)10-12-21-13-11-19;/h5-7,14,21H,3-4,8-13,15H2,1-2H3,(H,22,23);1H. The first-order chi connectivity index (χ1) is 11.0. The maximum absolute atomic E-state index is 13.1. The summed E-state index contributed by atoms with van der Waals surface area (Å²) in [6.07, 6.45) is 6.57. The van der Waals surface area contributed by atoms with Gasteiger partial charge in [-0.2, -0.15) is 0 Å². The second-order valence-electron chi connectivity index (χ2n) is 7.90. The molecular formula is C20H31ClN2O. The fraction of sp³-hybridized carbons (Fsp3) is 0.650. The molecule has 1 saturated heterocycles. The SMILES string of the molecule is Cc1cccc(C2(C(=O)NCC3(C)CCNCC3)CCCC2)c1.Cl. The number of hydrogen-bond acceptors (Lipinski definition) is 2. The zero-order valence-corrected chi connectivity index (χ0v) is 15.8. The summed E-state index contributed by atoms with van der Waals surface area (Å²) in [5.74, 6) is 0.250. The average molecular weight is 351 g/mol. The molecule has 0 radical (unpaired) electrons. The van der Waals surface area contributed by atoms with Crippen molar-refractivity contribution >= 4 is 18.3 Å². The van der Waals surface area contributed by atoms with Crippen LogP contribution in [0.3, 0.4) is 0 Å². The van der Waals surface area contributed by atoms with Crippen molar-refractivity contribution in [2.24, 2.45) is 5.41 Å². The predicted molar refractivity (Wildman–Crippen MR) is 102 cm³/mol. The van der Waals surface area contributed by atoms with Gasteiger partial charge in [-0.25, -0.2) is 0 Å². The minimum atomic E-state index is -0.296. The minimum absolute atomic E-state index is 0. The summed E-state index contributed by atoms with van der Waals surface area (Å²) in [6, 6.07) is 8.55. The molecule has 3 nitrogen and oxygen atoms in total. The molecule has 1 amide bonds. The largest absolute Gasteiger partial charge is 0.355 e. The van der Waals surface area contributed by atoms with Crippen LogP contribution in [0.1, 0.15) is 56.6 Å². The van der Waals surface area contributed by atoms with Crippen molar-refractivity contribution in [3.8, 4) is 0 Å². The van der Waals surface area contributed by atoms with Gasteiger partial charge in [0.25, 0.3) is 0 Å². The van der Waals surface area contributed by atoms with Gasteiger partial charge in [-0.3, -0.25) is 4.79 Å². The van der Waals surface area contributed by atoms with Crippen molar-refractivity contribution in [1.29, 1.82) is 0 Å². The topological polar surface area (TPSA) is 41.1 Å². The molecule has 1 saturated carbocycles. The molecule has 4 heteroatoms. The van der Waals surface area contributed by atoms with Gasteiger partial charge in [-0.1, -0.05) is 49.6 Å². The van der Waals surface area contributed by atoms with Crippen molar-refractivity contribution in [1.82, 2.24) is 10.6 Å². The maximum Gasteiger partial charge on any atom is 0.230 e. The summed E-state index contributed by atoms with van der Waals surface area (Å²) in [5.41, 5.74) is 2.40. The highest BCUT2D eigenvalue weighted by Gasteiger charge is 2.43. The Morgan fingerprint density at radius 1 is 1.17 bits per heavy atom. The van der Waals surface area contributed by atoms with E-state index < -0.39 is 0 Å². The predicted octanol–water partition coefficient (Wildman–Crippen LogP) is 3.73. The Kier molecular flexibility index (Phi) is 6.33. The van der Waals surface area contributed by atoms with E-state index in [1.165, 1.54) is 11.1 Å². The molecule has 134 valence electrons. The quantitative estimate of drug-likeness (QED) is 0.868. The van der Waals surface area contributed by atoms with Gasteiger partial charge in [-0.15, -0.1) is 12.4 Å². The van der Waals surface area contributed by atoms with Crippen LogP contribution in [0, 0.1) is 12.3 Å². The number of hydrogen-bond donors (Lipinski definition) is 2. The number of rotatable bonds is 4. The zero-order valence-electron chi connectivity index (χ0n) is 15.0. The third kappa shape index (κ3) is 3.94. The Bertz CT molecular complexity index is 561. The molecule has 1 aliphatic heterocycles. The molecule has 1 heterocycles. The molecule has 0 atom stereocenters. The van der Waals surface area contributed by atoms with Gasteiger partial charge < -0.3 is 10.6 Å². The van der Waals surface area contributed by atoms with Crippen LogP contribution in [-0.2, 0) is 10.2 Å². The van der Waals surface area contributed by atoms with E-state index in [4.69, 9.17) is 0 Å². The molecule has 1 aromatic rings. The van der Waals surface area contributed by atoms with E-state index in [0.717, 1.165) is 58.2 Å². The van der Waals surface area contributed by atoms with E-state index in [1.807, 2.05) is 0 Å². The number of amides is 1. The molecule has 2 fully saturated rings. The first-order valence-electron chi connectivity index (χ1n) is 9.10. The van der Waals surface area contributed by atoms with Crippen LogP contribution in [0.25, 0.3) is 0 Å². The molecule has 0 unspecified atom stereocenters. The lowest BCUT2D eigenvalue weighted by Gasteiger charge is -2.36. The molecule has 0 aromatic heterocycles. The van der Waals surface area contributed by atoms with Gasteiger partial charge in [-0.05, 0) is 56.7 Å². The zero-order chi connectivity index (χ0) is 16.3. The highest BCUT2D eigenvalue weighted by molar-refractivity contribution is 5.88. The van der Waals surface area contributed by atoms with Crippen LogP contribution in [0.15, 0.2) is 24.3 Å². The third-order valence-corrected chi connectivity index (χ3v) is 5.95. The fourth-order valence-electron chi connectivity index (χ4n) is 4.24. The molecule has 0 spiro atoms. The summed E-state index contributed by atoms with van der Waals surface area (Å²) in [5, 5.41) is 6.74. The van der Waals surface area contributed by atoms with Crippen LogP contribution in [0.4, 0.5) is 0 Å². The van der Waals surface area contributed by atoms with Gasteiger partial charge in [0.15, 0.2) is 0 Å². The molecule has 0 bridgehead atoms. The van der Waals surface area contributed by atoms with Gasteiger partial charge in [0.05, 0.1) is 5.41 Å². The third-order valence-electron chi connectivity index (χ3n) is 5.95. The summed E-state index contributed by atoms with van der Waals surface area (Å²) >= 11 is 0. The first-order valence-corrected chi connectivity index (χ1v) is 9.10. The van der Waals surface area contributed by atoms with Crippen molar-refractivity contribution in [3.05, 3.63) is 35.4 Å². The van der Waals surface area contributed by atoms with Crippen LogP contribution in [0.2, 0.25) is 0 Å². The Morgan fingerprint density at radius 3 is 2.46 bits per heavy atom. The van der Waals surface area contributed by atoms with E-state index in [0.29, 0.717) is 0 Å². The van der Waals surface area contributed by atoms with Crippen molar-refractivity contribution < 1.29 is 4.79 Å². The molecule has 2 aliphatic rings. The number of carbonyl (C=O) groups excluding carboxylic acids is 1. The van der Waals surface area contributed by atoms with E-state index in [-0.39, 0.29) is 29.1 Å². The van der Waals surface area contributed by atoms with Crippen LogP contribution >= 0.6 is 12.4 Å². The van der Waals surface area contributed by atoms with E-state index in [2.05, 4.69) is 48.7 Å². The number of halogens is 1. The van der Waals surface area contributed by atoms with Crippen LogP contribution in [0.5, 0.6) is 0 Å². The van der Waals surface area contributed by atoms with E-state index in [1.54, 1.807) is 0 Å². The second kappa shape index (κ2) is 7.88. The smallest absolute Gasteiger partial charge is 0.230 e. The van der Waals surface area contributed by atoms with Crippen molar-refractivity contribution in [2.45, 2.75) is 57.8 Å². The number of aryl methyl sites for hydroxylation is 1. The van der Waals surface area contributed by atoms with Crippen molar-refractivity contribution in [3.63, 3.8) is 0 Å². The Labute approximate surface area is 152 Å². The number of benzene rings is 1. The first kappa shape index (κ1) is 19.3. The molecule has 1 aliphatic carbocycles. The van der Waals surface area contributed by atoms with Gasteiger partial charge in [0, 0.05) is 6.54 Å². The van der Waals surface area contributed by atoms with Gasteiger partial charge in [0.1, 0.15) is 0 Å².